The molecule has 210 valence electrons. The molecule has 0 bridgehead atoms. The summed E-state index contributed by atoms with van der Waals surface area (Å²) in [5.74, 6) is -1.84. The molecule has 2 aromatic carbocycles. The fourth-order valence-corrected chi connectivity index (χ4v) is 3.77. The third-order valence-electron chi connectivity index (χ3n) is 5.77. The zero-order valence-corrected chi connectivity index (χ0v) is 22.6. The molecule has 1 heterocycles. The van der Waals surface area contributed by atoms with Gasteiger partial charge in [0.25, 0.3) is 11.8 Å². The van der Waals surface area contributed by atoms with Crippen molar-refractivity contribution < 1.29 is 32.7 Å². The van der Waals surface area contributed by atoms with Crippen molar-refractivity contribution >= 4 is 23.5 Å². The smallest absolute Gasteiger partial charge is 0.416 e. The molecule has 0 unspecified atom stereocenters. The number of allylic oxidation sites excluding steroid dienone is 1. The van der Waals surface area contributed by atoms with E-state index in [-0.39, 0.29) is 35.5 Å². The molecule has 0 saturated heterocycles. The summed E-state index contributed by atoms with van der Waals surface area (Å²) in [5, 5.41) is 11.5. The molecule has 3 rings (SSSR count). The Balaban J connectivity index is 1.82. The van der Waals surface area contributed by atoms with Gasteiger partial charge in [0.15, 0.2) is 5.82 Å². The van der Waals surface area contributed by atoms with Crippen LogP contribution in [0.5, 0.6) is 0 Å². The van der Waals surface area contributed by atoms with Crippen LogP contribution in [0, 0.1) is 5.41 Å². The molecule has 0 aromatic heterocycles. The number of carboxylic acid groups (broad SMARTS) is 1. The number of halogens is 3. The number of hydrogen-bond acceptors (Lipinski definition) is 4. The first-order valence-corrected chi connectivity index (χ1v) is 12.6. The second-order valence-electron chi connectivity index (χ2n) is 10.5. The van der Waals surface area contributed by atoms with E-state index in [0.717, 1.165) is 17.7 Å². The first-order chi connectivity index (χ1) is 18.6. The Bertz CT molecular complexity index is 1420. The second-order valence-corrected chi connectivity index (χ2v) is 10.5. The topological polar surface area (TPSA) is 99.1 Å². The highest BCUT2D eigenvalue weighted by atomic mass is 19.4. The first-order valence-electron chi connectivity index (χ1n) is 12.6. The van der Waals surface area contributed by atoms with Crippen LogP contribution in [0.25, 0.3) is 0 Å². The fourth-order valence-electron chi connectivity index (χ4n) is 3.77. The van der Waals surface area contributed by atoms with E-state index in [2.05, 4.69) is 21.8 Å². The van der Waals surface area contributed by atoms with Gasteiger partial charge in [-0.05, 0) is 60.4 Å². The van der Waals surface area contributed by atoms with Crippen LogP contribution in [0.1, 0.15) is 61.2 Å². The van der Waals surface area contributed by atoms with Crippen molar-refractivity contribution in [3.05, 3.63) is 94.1 Å². The third kappa shape index (κ3) is 8.30. The number of amides is 2. The summed E-state index contributed by atoms with van der Waals surface area (Å²) in [6, 6.07) is 10.5. The number of nitrogens with one attached hydrogen (secondary N) is 1. The summed E-state index contributed by atoms with van der Waals surface area (Å²) in [6.45, 7) is 7.62. The lowest BCUT2D eigenvalue weighted by atomic mass is 9.97. The normalized spacial score (nSPS) is 14.3. The quantitative estimate of drug-likeness (QED) is 0.430. The van der Waals surface area contributed by atoms with E-state index in [9.17, 15) is 27.6 Å². The van der Waals surface area contributed by atoms with Gasteiger partial charge in [0.05, 0.1) is 12.0 Å². The lowest BCUT2D eigenvalue weighted by Crippen LogP contribution is -2.34. The van der Waals surface area contributed by atoms with E-state index in [1.54, 1.807) is 37.3 Å². The molecule has 40 heavy (non-hydrogen) atoms. The van der Waals surface area contributed by atoms with Gasteiger partial charge in [-0.25, -0.2) is 4.99 Å². The number of alkyl halides is 3. The van der Waals surface area contributed by atoms with Gasteiger partial charge in [-0.1, -0.05) is 50.8 Å². The number of benzene rings is 2. The summed E-state index contributed by atoms with van der Waals surface area (Å²) >= 11 is 0. The minimum atomic E-state index is -4.57. The van der Waals surface area contributed by atoms with Gasteiger partial charge in [0.1, 0.15) is 5.71 Å². The van der Waals surface area contributed by atoms with Gasteiger partial charge in [-0.15, -0.1) is 0 Å². The molecule has 0 spiro atoms. The Hall–Kier alpha value is -4.39. The summed E-state index contributed by atoms with van der Waals surface area (Å²) in [6.07, 6.45) is -2.65. The Kier molecular flexibility index (Phi) is 9.20. The monoisotopic (exact) mass is 553 g/mol. The average molecular weight is 554 g/mol. The van der Waals surface area contributed by atoms with Crippen molar-refractivity contribution in [1.82, 2.24) is 10.2 Å². The maximum atomic E-state index is 13.3. The molecule has 1 aliphatic heterocycles. The lowest BCUT2D eigenvalue weighted by molar-refractivity contribution is -0.138. The van der Waals surface area contributed by atoms with E-state index < -0.39 is 35.6 Å². The average Bonchev–Trinajstić information content (AvgIpc) is 3.16. The van der Waals surface area contributed by atoms with Gasteiger partial charge in [-0.2, -0.15) is 13.2 Å². The highest BCUT2D eigenvalue weighted by molar-refractivity contribution is 6.47. The number of aliphatic carboxylic acids is 1. The highest BCUT2D eigenvalue weighted by Crippen LogP contribution is 2.30. The Labute approximate surface area is 230 Å². The zero-order chi connectivity index (χ0) is 29.7. The first kappa shape index (κ1) is 30.2. The number of aliphatic imine (C=N–C) groups is 1. The zero-order valence-electron chi connectivity index (χ0n) is 22.6. The van der Waals surface area contributed by atoms with Gasteiger partial charge in [0.2, 0.25) is 0 Å². The molecule has 10 heteroatoms. The number of carbonyl (C=O) groups is 3. The van der Waals surface area contributed by atoms with E-state index >= 15 is 0 Å². The Morgan fingerprint density at radius 2 is 1.80 bits per heavy atom. The van der Waals surface area contributed by atoms with Gasteiger partial charge in [0, 0.05) is 23.7 Å². The van der Waals surface area contributed by atoms with Gasteiger partial charge < -0.3 is 10.4 Å². The van der Waals surface area contributed by atoms with E-state index in [1.165, 1.54) is 17.0 Å². The predicted molar refractivity (Wildman–Crippen MR) is 144 cm³/mol. The molecular weight excluding hydrogens is 523 g/mol. The number of carbonyl (C=O) groups excluding carboxylic acids is 2. The minimum absolute atomic E-state index is 0.0499. The molecule has 0 fully saturated rings. The van der Waals surface area contributed by atoms with Crippen molar-refractivity contribution in [2.45, 2.75) is 52.8 Å². The number of hydrogen-bond donors (Lipinski definition) is 2. The molecule has 0 saturated carbocycles. The van der Waals surface area contributed by atoms with Crippen LogP contribution in [0.4, 0.5) is 13.2 Å². The van der Waals surface area contributed by atoms with Crippen LogP contribution in [0.15, 0.2) is 76.9 Å². The van der Waals surface area contributed by atoms with E-state index in [1.807, 2.05) is 20.8 Å². The van der Waals surface area contributed by atoms with Crippen molar-refractivity contribution in [3.8, 4) is 0 Å². The third-order valence-corrected chi connectivity index (χ3v) is 5.77. The maximum Gasteiger partial charge on any atom is 0.416 e. The number of carboxylic acids is 1. The molecule has 2 N–H and O–H groups in total. The highest BCUT2D eigenvalue weighted by Gasteiger charge is 2.34. The van der Waals surface area contributed by atoms with Crippen LogP contribution in [0.3, 0.4) is 0 Å². The summed E-state index contributed by atoms with van der Waals surface area (Å²) in [4.78, 5) is 42.1. The van der Waals surface area contributed by atoms with E-state index in [0.29, 0.717) is 12.0 Å². The summed E-state index contributed by atoms with van der Waals surface area (Å²) in [7, 11) is 0. The van der Waals surface area contributed by atoms with Crippen molar-refractivity contribution in [1.29, 1.82) is 0 Å². The van der Waals surface area contributed by atoms with Gasteiger partial charge in [-0.3, -0.25) is 19.3 Å². The molecule has 1 atom stereocenters. The van der Waals surface area contributed by atoms with Crippen molar-refractivity contribution in [2.75, 3.05) is 6.54 Å². The lowest BCUT2D eigenvalue weighted by Gasteiger charge is -2.16. The van der Waals surface area contributed by atoms with Crippen molar-refractivity contribution in [3.63, 3.8) is 0 Å². The van der Waals surface area contributed by atoms with Gasteiger partial charge >= 0.3 is 12.1 Å². The fraction of sp³-hybridized carbons (Fsp3) is 0.333. The molecule has 0 radical (unpaired) electrons. The molecule has 0 aliphatic carbocycles. The second kappa shape index (κ2) is 12.2. The molecule has 2 aromatic rings. The molecule has 2 amide bonds. The van der Waals surface area contributed by atoms with Crippen molar-refractivity contribution in [2.24, 2.45) is 10.4 Å². The van der Waals surface area contributed by atoms with E-state index in [4.69, 9.17) is 5.11 Å². The summed E-state index contributed by atoms with van der Waals surface area (Å²) in [5.41, 5.74) is 5.75. The number of rotatable bonds is 8. The Morgan fingerprint density at radius 1 is 1.12 bits per heavy atom. The SMILES string of the molecule is C[C@H](CC(=O)O)NC(=O)c1ccc(CCN2C(=O)C(c3cccc(C(F)(F)F)c3)=NC2=C=C=CC(C)(C)C)cc1. The largest absolute Gasteiger partial charge is 0.481 e. The minimum Gasteiger partial charge on any atom is -0.481 e. The summed E-state index contributed by atoms with van der Waals surface area (Å²) < 4.78 is 39.8. The molecule has 7 nitrogen and oxygen atoms in total. The van der Waals surface area contributed by atoms with Crippen LogP contribution >= 0.6 is 0 Å². The maximum absolute atomic E-state index is 13.3. The van der Waals surface area contributed by atoms with Crippen LogP contribution in [0.2, 0.25) is 0 Å². The van der Waals surface area contributed by atoms with Crippen LogP contribution < -0.4 is 5.32 Å². The molecular formula is C30H30F3N3O4. The molecule has 1 aliphatic rings. The standard InChI is InChI=1S/C30H30F3N3O4/c1-19(17-25(37)38)34-27(39)21-12-10-20(11-13-21)14-16-36-24(9-6-15-29(2,3)4)35-26(28(36)40)22-7-5-8-23(18-22)30(31,32)33/h5,7-8,10-13,15,18-19H,14,16-17H2,1-4H3,(H,34,39)(H,37,38)/t19-/m1/s1. The number of nitrogens with zero attached hydrogens (tertiary/aromatic N) is 2. The van der Waals surface area contributed by atoms with Crippen LogP contribution in [-0.2, 0) is 22.2 Å². The Morgan fingerprint density at radius 3 is 2.40 bits per heavy atom. The predicted octanol–water partition coefficient (Wildman–Crippen LogP) is 5.37. The van der Waals surface area contributed by atoms with Crippen LogP contribution in [-0.4, -0.2) is 46.1 Å².